The van der Waals surface area contributed by atoms with Crippen molar-refractivity contribution in [2.75, 3.05) is 0 Å². The lowest BCUT2D eigenvalue weighted by Gasteiger charge is -2.28. The lowest BCUT2D eigenvalue weighted by molar-refractivity contribution is 0.559. The zero-order valence-corrected chi connectivity index (χ0v) is 12.1. The van der Waals surface area contributed by atoms with Crippen molar-refractivity contribution < 1.29 is 0 Å². The molecule has 2 aromatic rings. The van der Waals surface area contributed by atoms with Crippen LogP contribution in [0.15, 0.2) is 60.7 Å². The molecule has 1 heteroatoms. The normalized spacial score (nSPS) is 11.4. The molecule has 0 bridgehead atoms. The molecule has 0 fully saturated rings. The molecule has 0 N–H and O–H groups in total. The lowest BCUT2D eigenvalue weighted by Crippen LogP contribution is -2.25. The van der Waals surface area contributed by atoms with E-state index in [9.17, 15) is 0 Å². The molecule has 0 amide bonds. The number of benzene rings is 2. The first kappa shape index (κ1) is 13.3. The van der Waals surface area contributed by atoms with Crippen molar-refractivity contribution in [3.8, 4) is 0 Å². The van der Waals surface area contributed by atoms with E-state index in [1.54, 1.807) is 0 Å². The van der Waals surface area contributed by atoms with Crippen LogP contribution in [0.3, 0.4) is 0 Å². The van der Waals surface area contributed by atoms with E-state index in [0.29, 0.717) is 0 Å². The van der Waals surface area contributed by atoms with Crippen molar-refractivity contribution in [2.45, 2.75) is 31.3 Å². The highest BCUT2D eigenvalue weighted by Gasteiger charge is 2.23. The minimum Gasteiger partial charge on any atom is -0.130 e. The fourth-order valence-electron chi connectivity index (χ4n) is 2.32. The third-order valence-corrected chi connectivity index (χ3v) is 4.32. The van der Waals surface area contributed by atoms with Gasteiger partial charge in [-0.25, -0.2) is 0 Å². The van der Waals surface area contributed by atoms with Gasteiger partial charge in [0.1, 0.15) is 0 Å². The summed E-state index contributed by atoms with van der Waals surface area (Å²) in [6.07, 6.45) is 3.40. The van der Waals surface area contributed by atoms with Gasteiger partial charge in [-0.05, 0) is 35.5 Å². The minimum absolute atomic E-state index is 0.267. The van der Waals surface area contributed by atoms with Gasteiger partial charge in [-0.2, -0.15) is 0 Å². The predicted octanol–water partition coefficient (Wildman–Crippen LogP) is 4.50. The Morgan fingerprint density at radius 3 is 1.50 bits per heavy atom. The minimum atomic E-state index is 0.267. The van der Waals surface area contributed by atoms with Crippen molar-refractivity contribution in [2.24, 2.45) is 0 Å². The van der Waals surface area contributed by atoms with Gasteiger partial charge in [-0.1, -0.05) is 67.6 Å². The van der Waals surface area contributed by atoms with Crippen molar-refractivity contribution in [1.29, 1.82) is 0 Å². The molecule has 0 saturated heterocycles. The van der Waals surface area contributed by atoms with E-state index in [4.69, 9.17) is 0 Å². The fourth-order valence-corrected chi connectivity index (χ4v) is 2.79. The molecule has 0 radical (unpaired) electrons. The summed E-state index contributed by atoms with van der Waals surface area (Å²) >= 11 is 0. The van der Waals surface area contributed by atoms with Gasteiger partial charge in [-0.3, -0.25) is 0 Å². The average Bonchev–Trinajstić information content (AvgIpc) is 2.41. The van der Waals surface area contributed by atoms with Crippen LogP contribution in [-0.4, -0.2) is 5.16 Å². The molecule has 2 aromatic carbocycles. The summed E-state index contributed by atoms with van der Waals surface area (Å²) in [6, 6.07) is 21.5. The maximum absolute atomic E-state index is 3.09. The van der Waals surface area contributed by atoms with Crippen molar-refractivity contribution >= 4 is 9.24 Å². The first-order chi connectivity index (χ1) is 8.72. The standard InChI is InChI=1S/C17H21P/c1-2-17(18,13-15-9-5-3-6-10-15)14-16-11-7-4-8-12-16/h3-12H,2,13-14,18H2,1H3. The molecule has 1 unspecified atom stereocenters. The zero-order valence-electron chi connectivity index (χ0n) is 11.0. The van der Waals surface area contributed by atoms with E-state index < -0.39 is 0 Å². The molecule has 1 atom stereocenters. The van der Waals surface area contributed by atoms with E-state index in [1.807, 2.05) is 0 Å². The highest BCUT2D eigenvalue weighted by Crippen LogP contribution is 2.31. The first-order valence-corrected chi connectivity index (χ1v) is 7.16. The van der Waals surface area contributed by atoms with Gasteiger partial charge < -0.3 is 0 Å². The highest BCUT2D eigenvalue weighted by molar-refractivity contribution is 7.19. The second-order valence-electron chi connectivity index (χ2n) is 5.04. The van der Waals surface area contributed by atoms with Crippen LogP contribution >= 0.6 is 9.24 Å². The second-order valence-corrected chi connectivity index (χ2v) is 6.27. The average molecular weight is 256 g/mol. The van der Waals surface area contributed by atoms with Gasteiger partial charge in [0.2, 0.25) is 0 Å². The van der Waals surface area contributed by atoms with Gasteiger partial charge in [0.05, 0.1) is 0 Å². The van der Waals surface area contributed by atoms with Crippen molar-refractivity contribution in [3.63, 3.8) is 0 Å². The van der Waals surface area contributed by atoms with Crippen LogP contribution in [-0.2, 0) is 12.8 Å². The summed E-state index contributed by atoms with van der Waals surface area (Å²) in [5.41, 5.74) is 2.84. The van der Waals surface area contributed by atoms with E-state index in [2.05, 4.69) is 76.8 Å². The molecular formula is C17H21P. The second kappa shape index (κ2) is 6.16. The van der Waals surface area contributed by atoms with Crippen LogP contribution in [0.2, 0.25) is 0 Å². The van der Waals surface area contributed by atoms with Crippen LogP contribution in [0.5, 0.6) is 0 Å². The summed E-state index contributed by atoms with van der Waals surface area (Å²) in [7, 11) is 3.09. The van der Waals surface area contributed by atoms with Gasteiger partial charge in [0, 0.05) is 0 Å². The van der Waals surface area contributed by atoms with E-state index >= 15 is 0 Å². The molecule has 0 spiro atoms. The molecule has 0 aliphatic heterocycles. The Hall–Kier alpha value is -1.13. The number of hydrogen-bond donors (Lipinski definition) is 0. The topological polar surface area (TPSA) is 0 Å². The molecule has 0 aromatic heterocycles. The van der Waals surface area contributed by atoms with Crippen LogP contribution in [0.4, 0.5) is 0 Å². The lowest BCUT2D eigenvalue weighted by atomic mass is 9.89. The van der Waals surface area contributed by atoms with E-state index in [1.165, 1.54) is 17.5 Å². The Balaban J connectivity index is 2.11. The Labute approximate surface area is 113 Å². The summed E-state index contributed by atoms with van der Waals surface area (Å²) in [5.74, 6) is 0. The Kier molecular flexibility index (Phi) is 4.55. The molecule has 18 heavy (non-hydrogen) atoms. The Morgan fingerprint density at radius 1 is 0.778 bits per heavy atom. The van der Waals surface area contributed by atoms with Gasteiger partial charge in [-0.15, -0.1) is 9.24 Å². The Morgan fingerprint density at radius 2 is 1.17 bits per heavy atom. The number of rotatable bonds is 5. The molecular weight excluding hydrogens is 235 g/mol. The maximum atomic E-state index is 3.09. The van der Waals surface area contributed by atoms with Crippen LogP contribution < -0.4 is 0 Å². The quantitative estimate of drug-likeness (QED) is 0.691. The fraction of sp³-hybridized carbons (Fsp3) is 0.294. The van der Waals surface area contributed by atoms with Gasteiger partial charge in [0.25, 0.3) is 0 Å². The zero-order chi connectivity index (χ0) is 12.8. The maximum Gasteiger partial charge on any atom is -0.00723 e. The summed E-state index contributed by atoms with van der Waals surface area (Å²) in [4.78, 5) is 0. The molecule has 2 rings (SSSR count). The van der Waals surface area contributed by atoms with Gasteiger partial charge >= 0.3 is 0 Å². The molecule has 0 aliphatic rings. The SMILES string of the molecule is CCC(P)(Cc1ccccc1)Cc1ccccc1. The molecule has 0 nitrogen and oxygen atoms in total. The first-order valence-electron chi connectivity index (χ1n) is 6.58. The molecule has 0 aliphatic carbocycles. The monoisotopic (exact) mass is 256 g/mol. The van der Waals surface area contributed by atoms with Crippen LogP contribution in [0, 0.1) is 0 Å². The number of hydrogen-bond acceptors (Lipinski definition) is 0. The Bertz CT molecular complexity index is 420. The largest absolute Gasteiger partial charge is 0.130 e. The van der Waals surface area contributed by atoms with Gasteiger partial charge in [0.15, 0.2) is 0 Å². The van der Waals surface area contributed by atoms with Crippen LogP contribution in [0.25, 0.3) is 0 Å². The smallest absolute Gasteiger partial charge is 0.00723 e. The molecule has 94 valence electrons. The predicted molar refractivity (Wildman–Crippen MR) is 83.0 cm³/mol. The van der Waals surface area contributed by atoms with E-state index in [-0.39, 0.29) is 5.16 Å². The highest BCUT2D eigenvalue weighted by atomic mass is 31.0. The van der Waals surface area contributed by atoms with E-state index in [0.717, 1.165) is 12.8 Å². The summed E-state index contributed by atoms with van der Waals surface area (Å²) in [6.45, 7) is 2.28. The summed E-state index contributed by atoms with van der Waals surface area (Å²) in [5, 5.41) is 0.267. The molecule has 0 saturated carbocycles. The van der Waals surface area contributed by atoms with Crippen molar-refractivity contribution in [1.82, 2.24) is 0 Å². The third kappa shape index (κ3) is 3.68. The van der Waals surface area contributed by atoms with Crippen molar-refractivity contribution in [3.05, 3.63) is 71.8 Å². The summed E-state index contributed by atoms with van der Waals surface area (Å²) < 4.78 is 0. The van der Waals surface area contributed by atoms with Crippen LogP contribution in [0.1, 0.15) is 24.5 Å². The molecule has 0 heterocycles. The third-order valence-electron chi connectivity index (χ3n) is 3.50.